The van der Waals surface area contributed by atoms with Gasteiger partial charge in [0.15, 0.2) is 4.90 Å². The molecule has 0 saturated heterocycles. The lowest BCUT2D eigenvalue weighted by molar-refractivity contribution is 0.340. The Balaban J connectivity index is 2.41. The molecule has 0 amide bonds. The molecule has 0 aliphatic heterocycles. The van der Waals surface area contributed by atoms with Gasteiger partial charge in [0, 0.05) is 25.8 Å². The molecule has 0 radical (unpaired) electrons. The molecule has 4 N–H and O–H groups in total. The van der Waals surface area contributed by atoms with Gasteiger partial charge >= 0.3 is 5.69 Å². The molecule has 1 atom stereocenters. The maximum atomic E-state index is 12.3. The molecular formula is C10H16N4O4S. The van der Waals surface area contributed by atoms with E-state index >= 15 is 0 Å². The predicted molar refractivity (Wildman–Crippen MR) is 68.2 cm³/mol. The fourth-order valence-corrected chi connectivity index (χ4v) is 3.46. The van der Waals surface area contributed by atoms with E-state index in [1.54, 1.807) is 0 Å². The summed E-state index contributed by atoms with van der Waals surface area (Å²) in [4.78, 5) is 26.1. The zero-order chi connectivity index (χ0) is 14.2. The number of hydrogen-bond acceptors (Lipinski definition) is 5. The lowest BCUT2D eigenvalue weighted by Crippen LogP contribution is -2.45. The Morgan fingerprint density at radius 1 is 1.47 bits per heavy atom. The number of aromatic nitrogens is 2. The molecule has 19 heavy (non-hydrogen) atoms. The highest BCUT2D eigenvalue weighted by atomic mass is 32.2. The van der Waals surface area contributed by atoms with Gasteiger partial charge in [0.2, 0.25) is 10.0 Å². The van der Waals surface area contributed by atoms with Crippen molar-refractivity contribution in [2.45, 2.75) is 23.8 Å². The minimum Gasteiger partial charge on any atom is -0.329 e. The Hall–Kier alpha value is -1.45. The Bertz CT molecular complexity index is 673. The first-order chi connectivity index (χ1) is 8.87. The van der Waals surface area contributed by atoms with Gasteiger partial charge in [-0.05, 0) is 18.8 Å². The number of sulfonamides is 1. The first-order valence-electron chi connectivity index (χ1n) is 5.88. The highest BCUT2D eigenvalue weighted by Gasteiger charge is 2.39. The van der Waals surface area contributed by atoms with Gasteiger partial charge in [-0.3, -0.25) is 9.78 Å². The van der Waals surface area contributed by atoms with Gasteiger partial charge in [0.1, 0.15) is 0 Å². The number of nitrogens with zero attached hydrogens (tertiary/aromatic N) is 1. The summed E-state index contributed by atoms with van der Waals surface area (Å²) in [5.41, 5.74) is 3.93. The highest BCUT2D eigenvalue weighted by Crippen LogP contribution is 2.35. The van der Waals surface area contributed by atoms with Gasteiger partial charge in [-0.2, -0.15) is 4.31 Å². The SMILES string of the molecule is CN(C(CN)C1CC1)S(=O)(=O)c1c[nH]c(=O)[nH]c1=O. The van der Waals surface area contributed by atoms with Gasteiger partial charge in [-0.25, -0.2) is 13.2 Å². The zero-order valence-electron chi connectivity index (χ0n) is 10.4. The van der Waals surface area contributed by atoms with Crippen molar-refractivity contribution in [1.29, 1.82) is 0 Å². The molecule has 1 aromatic heterocycles. The third-order valence-corrected chi connectivity index (χ3v) is 5.21. The highest BCUT2D eigenvalue weighted by molar-refractivity contribution is 7.89. The van der Waals surface area contributed by atoms with E-state index in [2.05, 4.69) is 4.98 Å². The van der Waals surface area contributed by atoms with Crippen molar-refractivity contribution >= 4 is 10.0 Å². The number of aromatic amines is 2. The van der Waals surface area contributed by atoms with E-state index in [1.807, 2.05) is 4.98 Å². The van der Waals surface area contributed by atoms with Crippen LogP contribution in [0.5, 0.6) is 0 Å². The quantitative estimate of drug-likeness (QED) is 0.602. The van der Waals surface area contributed by atoms with Crippen LogP contribution in [0.3, 0.4) is 0 Å². The average Bonchev–Trinajstić information content (AvgIpc) is 3.13. The van der Waals surface area contributed by atoms with Crippen molar-refractivity contribution in [3.63, 3.8) is 0 Å². The fraction of sp³-hybridized carbons (Fsp3) is 0.600. The molecule has 9 heteroatoms. The lowest BCUT2D eigenvalue weighted by Gasteiger charge is -2.25. The second-order valence-corrected chi connectivity index (χ2v) is 6.56. The maximum Gasteiger partial charge on any atom is 0.325 e. The molecule has 1 saturated carbocycles. The summed E-state index contributed by atoms with van der Waals surface area (Å²) in [6.07, 6.45) is 2.78. The van der Waals surface area contributed by atoms with Gasteiger partial charge in [0.25, 0.3) is 5.56 Å². The third-order valence-electron chi connectivity index (χ3n) is 3.32. The van der Waals surface area contributed by atoms with Crippen LogP contribution >= 0.6 is 0 Å². The van der Waals surface area contributed by atoms with Crippen molar-refractivity contribution < 1.29 is 8.42 Å². The van der Waals surface area contributed by atoms with E-state index < -0.39 is 26.2 Å². The standard InChI is InChI=1S/C10H16N4O4S/c1-14(7(4-11)6-2-3-6)19(17,18)8-5-12-10(16)13-9(8)15/h5-7H,2-4,11H2,1H3,(H2,12,13,15,16). The smallest absolute Gasteiger partial charge is 0.325 e. The summed E-state index contributed by atoms with van der Waals surface area (Å²) in [7, 11) is -2.56. The molecule has 1 heterocycles. The molecule has 1 fully saturated rings. The number of nitrogens with two attached hydrogens (primary N) is 1. The van der Waals surface area contributed by atoms with Crippen molar-refractivity contribution in [2.24, 2.45) is 11.7 Å². The lowest BCUT2D eigenvalue weighted by atomic mass is 10.2. The Morgan fingerprint density at radius 2 is 2.11 bits per heavy atom. The van der Waals surface area contributed by atoms with Crippen LogP contribution in [0, 0.1) is 5.92 Å². The summed E-state index contributed by atoms with van der Waals surface area (Å²) in [5.74, 6) is 0.242. The Kier molecular flexibility index (Phi) is 3.61. The Labute approximate surface area is 109 Å². The van der Waals surface area contributed by atoms with Crippen molar-refractivity contribution in [3.8, 4) is 0 Å². The first kappa shape index (κ1) is 14.0. The summed E-state index contributed by atoms with van der Waals surface area (Å²) in [5, 5.41) is 0. The normalized spacial score (nSPS) is 17.6. The van der Waals surface area contributed by atoms with Crippen LogP contribution in [-0.2, 0) is 10.0 Å². The average molecular weight is 288 g/mol. The molecule has 1 unspecified atom stereocenters. The van der Waals surface area contributed by atoms with Gasteiger partial charge in [-0.1, -0.05) is 0 Å². The number of rotatable bonds is 5. The number of hydrogen-bond donors (Lipinski definition) is 3. The van der Waals surface area contributed by atoms with E-state index in [-0.39, 0.29) is 18.5 Å². The van der Waals surface area contributed by atoms with Crippen molar-refractivity contribution in [1.82, 2.24) is 14.3 Å². The fourth-order valence-electron chi connectivity index (χ4n) is 2.04. The topological polar surface area (TPSA) is 129 Å². The minimum atomic E-state index is -3.96. The summed E-state index contributed by atoms with van der Waals surface area (Å²) in [6, 6.07) is -0.323. The molecule has 106 valence electrons. The zero-order valence-corrected chi connectivity index (χ0v) is 11.2. The van der Waals surface area contributed by atoms with Crippen LogP contribution in [0.1, 0.15) is 12.8 Å². The van der Waals surface area contributed by atoms with E-state index in [9.17, 15) is 18.0 Å². The summed E-state index contributed by atoms with van der Waals surface area (Å²) < 4.78 is 25.8. The summed E-state index contributed by atoms with van der Waals surface area (Å²) in [6.45, 7) is 0.196. The third kappa shape index (κ3) is 2.62. The molecule has 8 nitrogen and oxygen atoms in total. The van der Waals surface area contributed by atoms with E-state index in [4.69, 9.17) is 5.73 Å². The largest absolute Gasteiger partial charge is 0.329 e. The van der Waals surface area contributed by atoms with E-state index in [0.29, 0.717) is 0 Å². The number of nitrogens with one attached hydrogen (secondary N) is 2. The molecule has 1 aliphatic rings. The molecule has 0 bridgehead atoms. The van der Waals surface area contributed by atoms with Crippen LogP contribution in [0.2, 0.25) is 0 Å². The second kappa shape index (κ2) is 4.91. The molecule has 1 aromatic rings. The van der Waals surface area contributed by atoms with Crippen LogP contribution in [0.15, 0.2) is 20.7 Å². The van der Waals surface area contributed by atoms with Gasteiger partial charge in [0.05, 0.1) is 0 Å². The van der Waals surface area contributed by atoms with Crippen LogP contribution in [0.25, 0.3) is 0 Å². The van der Waals surface area contributed by atoms with E-state index in [1.165, 1.54) is 7.05 Å². The van der Waals surface area contributed by atoms with Crippen LogP contribution < -0.4 is 17.0 Å². The molecule has 1 aliphatic carbocycles. The Morgan fingerprint density at radius 3 is 2.58 bits per heavy atom. The summed E-state index contributed by atoms with van der Waals surface area (Å²) >= 11 is 0. The molecular weight excluding hydrogens is 272 g/mol. The van der Waals surface area contributed by atoms with E-state index in [0.717, 1.165) is 23.3 Å². The van der Waals surface area contributed by atoms with Crippen LogP contribution in [0.4, 0.5) is 0 Å². The first-order valence-corrected chi connectivity index (χ1v) is 7.32. The number of likely N-dealkylation sites (N-methyl/N-ethyl adjacent to an activating group) is 1. The van der Waals surface area contributed by atoms with Crippen LogP contribution in [-0.4, -0.2) is 42.3 Å². The molecule has 0 aromatic carbocycles. The van der Waals surface area contributed by atoms with Gasteiger partial charge < -0.3 is 10.7 Å². The predicted octanol–water partition coefficient (Wildman–Crippen LogP) is -1.58. The van der Waals surface area contributed by atoms with Gasteiger partial charge in [-0.15, -0.1) is 0 Å². The monoisotopic (exact) mass is 288 g/mol. The van der Waals surface area contributed by atoms with Crippen molar-refractivity contribution in [2.75, 3.05) is 13.6 Å². The van der Waals surface area contributed by atoms with Crippen molar-refractivity contribution in [3.05, 3.63) is 27.0 Å². The minimum absolute atomic E-state index is 0.196. The molecule has 0 spiro atoms. The maximum absolute atomic E-state index is 12.3. The number of H-pyrrole nitrogens is 2. The second-order valence-electron chi connectivity index (χ2n) is 4.60. The molecule has 2 rings (SSSR count).